The van der Waals surface area contributed by atoms with Crippen LogP contribution in [0.4, 0.5) is 17.1 Å². The standard InChI is InChI=1S/C51H52N7O15P3/c1-55(34-12-5-3-6-13-34)36-17-19-39-44(25-36)70-45-26-37(56(2)35-14-7-4-8-15-35)18-20-40(45)48(39)38-16-10-9-11-33(38)29-57-23-21-32(22-24-57)42(59)27-41-49-50(54-51(61)53-41)58(31-52-49)47-28-43(60)46(71-47)30-69-75(65,66)73-76(67,68)72-74(62,63)64/h3-20,25-26,31-32,43,46-47,60H,21-24,27-30H2,1-2H3,(H4-,53,54,61,62,63,64,65,66,67,68)/p-2/t43?,46-,47-/m1/s1. The maximum atomic E-state index is 14.0. The number of carbonyl (C=O) groups is 1. The van der Waals surface area contributed by atoms with Gasteiger partial charge in [-0.15, -0.1) is 0 Å². The minimum atomic E-state index is -6.14. The zero-order chi connectivity index (χ0) is 53.5. The zero-order valence-corrected chi connectivity index (χ0v) is 43.5. The Morgan fingerprint density at radius 3 is 2.33 bits per heavy atom. The number of carbonyl (C=O) groups excluding carboxylic acids is 1. The van der Waals surface area contributed by atoms with E-state index in [1.54, 1.807) is 0 Å². The quantitative estimate of drug-likeness (QED) is 0.0595. The fourth-order valence-corrected chi connectivity index (χ4v) is 12.8. The molecule has 1 aliphatic carbocycles. The van der Waals surface area contributed by atoms with Gasteiger partial charge in [-0.05, 0) is 67.4 Å². The molecule has 25 heteroatoms. The van der Waals surface area contributed by atoms with Crippen LogP contribution >= 0.6 is 23.5 Å². The van der Waals surface area contributed by atoms with Crippen LogP contribution in [-0.4, -0.2) is 86.2 Å². The van der Waals surface area contributed by atoms with E-state index in [9.17, 15) is 43.1 Å². The van der Waals surface area contributed by atoms with E-state index in [2.05, 4.69) is 115 Å². The minimum absolute atomic E-state index is 0.0136. The molecule has 6 atom stereocenters. The summed E-state index contributed by atoms with van der Waals surface area (Å²) in [6, 6.07) is 41.3. The topological polar surface area (TPSA) is 301 Å². The van der Waals surface area contributed by atoms with E-state index >= 15 is 0 Å². The number of rotatable bonds is 17. The van der Waals surface area contributed by atoms with Gasteiger partial charge >= 0.3 is 5.69 Å². The smallest absolute Gasteiger partial charge is 0.347 e. The molecule has 76 heavy (non-hydrogen) atoms. The van der Waals surface area contributed by atoms with Crippen molar-refractivity contribution in [3.8, 4) is 22.5 Å². The van der Waals surface area contributed by atoms with Gasteiger partial charge in [0.15, 0.2) is 5.65 Å². The van der Waals surface area contributed by atoms with Gasteiger partial charge in [-0.25, -0.2) is 18.4 Å². The van der Waals surface area contributed by atoms with Crippen molar-refractivity contribution in [2.24, 2.45) is 5.92 Å². The number of ketones is 1. The molecule has 0 bridgehead atoms. The summed E-state index contributed by atoms with van der Waals surface area (Å²) in [6.07, 6.45) is -1.85. The average molecular weight is 1090 g/mol. The monoisotopic (exact) mass is 1090 g/mol. The predicted molar refractivity (Wildman–Crippen MR) is 273 cm³/mol. The van der Waals surface area contributed by atoms with Gasteiger partial charge in [0.25, 0.3) is 23.5 Å². The number of aromatic nitrogens is 4. The number of hydrogen-bond acceptors (Lipinski definition) is 18. The molecular weight excluding hydrogens is 1040 g/mol. The molecule has 4 aliphatic rings. The van der Waals surface area contributed by atoms with Crippen LogP contribution in [0, 0.1) is 5.92 Å². The van der Waals surface area contributed by atoms with Gasteiger partial charge in [-0.1, -0.05) is 60.7 Å². The number of para-hydroxylation sites is 2. The Labute approximate surface area is 433 Å². The maximum Gasteiger partial charge on any atom is 0.347 e. The molecule has 0 saturated carbocycles. The maximum absolute atomic E-state index is 14.0. The number of likely N-dealkylation sites (tertiary alicyclic amines) is 1. The lowest BCUT2D eigenvalue weighted by molar-refractivity contribution is -0.250. The fraction of sp³-hybridized carbons (Fsp3) is 0.275. The number of hydrogen-bond donors (Lipinski definition) is 3. The first-order valence-electron chi connectivity index (χ1n) is 24.0. The fourth-order valence-electron chi connectivity index (χ4n) is 9.87. The van der Waals surface area contributed by atoms with Gasteiger partial charge in [0.2, 0.25) is 11.0 Å². The molecule has 4 unspecified atom stereocenters. The van der Waals surface area contributed by atoms with Gasteiger partial charge < -0.3 is 48.2 Å². The first-order chi connectivity index (χ1) is 36.3. The molecule has 0 amide bonds. The number of H-pyrrole nitrogens is 1. The number of Topliss-reactive ketones (excluding diaryl/α,β-unsaturated/α-hetero) is 1. The Morgan fingerprint density at radius 1 is 0.882 bits per heavy atom. The second kappa shape index (κ2) is 21.6. The van der Waals surface area contributed by atoms with Crippen molar-refractivity contribution in [2.45, 2.75) is 50.7 Å². The van der Waals surface area contributed by atoms with Crippen LogP contribution in [0.1, 0.15) is 36.7 Å². The molecule has 6 aromatic rings. The summed E-state index contributed by atoms with van der Waals surface area (Å²) in [5, 5.41) is 12.6. The van der Waals surface area contributed by atoms with Crippen LogP contribution < -0.4 is 35.2 Å². The molecule has 2 fully saturated rings. The molecular formula is C51H50N7O15P3-2. The second-order valence-corrected chi connectivity index (χ2v) is 22.9. The molecule has 2 saturated heterocycles. The Morgan fingerprint density at radius 2 is 1.59 bits per heavy atom. The van der Waals surface area contributed by atoms with Crippen LogP contribution in [0.2, 0.25) is 0 Å². The molecule has 4 aromatic carbocycles. The number of nitrogens with one attached hydrogen (secondary N) is 1. The number of piperidine rings is 1. The summed E-state index contributed by atoms with van der Waals surface area (Å²) >= 11 is 0. The first kappa shape index (κ1) is 53.1. The van der Waals surface area contributed by atoms with Crippen LogP contribution in [0.5, 0.6) is 0 Å². The van der Waals surface area contributed by atoms with Gasteiger partial charge in [0.05, 0.1) is 30.8 Å². The van der Waals surface area contributed by atoms with Crippen molar-refractivity contribution in [3.05, 3.63) is 155 Å². The number of nitrogens with zero attached hydrogens (tertiary/aromatic N) is 6. The van der Waals surface area contributed by atoms with Crippen molar-refractivity contribution in [1.29, 1.82) is 0 Å². The zero-order valence-electron chi connectivity index (χ0n) is 40.8. The van der Waals surface area contributed by atoms with E-state index < -0.39 is 54.2 Å². The normalized spacial score (nSPS) is 20.3. The van der Waals surface area contributed by atoms with Gasteiger partial charge in [0.1, 0.15) is 42.0 Å². The first-order valence-corrected chi connectivity index (χ1v) is 28.5. The van der Waals surface area contributed by atoms with E-state index in [4.69, 9.17) is 14.0 Å². The lowest BCUT2D eigenvalue weighted by Gasteiger charge is -2.33. The number of aromatic amines is 1. The van der Waals surface area contributed by atoms with Crippen LogP contribution in [0.25, 0.3) is 44.6 Å². The molecule has 5 heterocycles. The summed E-state index contributed by atoms with van der Waals surface area (Å²) in [5.74, 6) is 0.317. The van der Waals surface area contributed by atoms with Gasteiger partial charge in [-0.3, -0.25) is 28.0 Å². The number of aliphatic hydroxyl groups excluding tert-OH is 1. The largest absolute Gasteiger partial charge is 0.756 e. The third-order valence-corrected chi connectivity index (χ3v) is 17.3. The van der Waals surface area contributed by atoms with Crippen LogP contribution in [0.3, 0.4) is 0 Å². The summed E-state index contributed by atoms with van der Waals surface area (Å²) < 4.78 is 61.9. The highest BCUT2D eigenvalue weighted by molar-refractivity contribution is 7.65. The van der Waals surface area contributed by atoms with Crippen molar-refractivity contribution < 1.29 is 65.5 Å². The number of anilines is 2. The lowest BCUT2D eigenvalue weighted by Crippen LogP contribution is -2.36. The highest BCUT2D eigenvalue weighted by Gasteiger charge is 2.38. The molecule has 3 aliphatic heterocycles. The van der Waals surface area contributed by atoms with Crippen molar-refractivity contribution >= 4 is 68.4 Å². The number of fused-ring (bicyclic) bond motifs is 3. The van der Waals surface area contributed by atoms with Crippen LogP contribution in [-0.2, 0) is 49.3 Å². The molecule has 0 spiro atoms. The van der Waals surface area contributed by atoms with Gasteiger partial charge in [-0.2, -0.15) is 9.56 Å². The second-order valence-electron chi connectivity index (χ2n) is 18.6. The molecule has 3 N–H and O–H groups in total. The third kappa shape index (κ3) is 11.8. The Hall–Kier alpha value is -6.32. The SMILES string of the molecule is CN(c1ccccc1)c1ccc2c(-c3ccccc3CN3CCC(C(=O)Cc4[nH]c(=O)nc5c4ncn5[C@H]4CC(O)[C@@H](COP(=O)([O-])OP(=O)([O-])OP(=O)([O-])O)O4)CC3)c3ccc(=[N+](C)c4ccccc4)cc-3oc2c1. The van der Waals surface area contributed by atoms with Crippen LogP contribution in [0.15, 0.2) is 137 Å². The molecule has 10 rings (SSSR count). The lowest BCUT2D eigenvalue weighted by atomic mass is 9.88. The van der Waals surface area contributed by atoms with E-state index in [1.807, 2.05) is 62.6 Å². The Kier molecular flexibility index (Phi) is 15.1. The third-order valence-electron chi connectivity index (χ3n) is 13.7. The van der Waals surface area contributed by atoms with E-state index in [0.29, 0.717) is 32.5 Å². The van der Waals surface area contributed by atoms with E-state index in [0.717, 1.165) is 61.4 Å². The number of benzene rings is 5. The summed E-state index contributed by atoms with van der Waals surface area (Å²) in [7, 11) is -13.9. The van der Waals surface area contributed by atoms with Crippen molar-refractivity contribution in [2.75, 3.05) is 38.7 Å². The van der Waals surface area contributed by atoms with Crippen molar-refractivity contribution in [1.82, 2.24) is 29.0 Å². The number of phosphoric ester groups is 1. The molecule has 2 aromatic heterocycles. The molecule has 22 nitrogen and oxygen atoms in total. The molecule has 0 radical (unpaired) electrons. The Bertz CT molecular complexity index is 3710. The van der Waals surface area contributed by atoms with E-state index in [-0.39, 0.29) is 41.4 Å². The highest BCUT2D eigenvalue weighted by Crippen LogP contribution is 2.61. The number of aliphatic hydroxyl groups is 1. The molecule has 396 valence electrons. The number of phosphoric acid groups is 3. The highest BCUT2D eigenvalue weighted by atomic mass is 31.3. The van der Waals surface area contributed by atoms with E-state index in [1.165, 1.54) is 10.9 Å². The Balaban J connectivity index is 0.843. The number of ether oxygens (including phenoxy) is 1. The average Bonchev–Trinajstić information content (AvgIpc) is 4.00. The summed E-state index contributed by atoms with van der Waals surface area (Å²) in [6.45, 7) is 0.883. The predicted octanol–water partition coefficient (Wildman–Crippen LogP) is 5.26. The number of imidazole rings is 1. The summed E-state index contributed by atoms with van der Waals surface area (Å²) in [5.41, 5.74) is 7.62. The van der Waals surface area contributed by atoms with Crippen molar-refractivity contribution in [3.63, 3.8) is 0 Å². The van der Waals surface area contributed by atoms with Gasteiger partial charge in [0, 0.05) is 84.5 Å². The summed E-state index contributed by atoms with van der Waals surface area (Å²) in [4.78, 5) is 85.5. The minimum Gasteiger partial charge on any atom is -0.756 e.